The molecule has 6 heteroatoms. The number of ether oxygens (including phenoxy) is 3. The van der Waals surface area contributed by atoms with E-state index in [-0.39, 0.29) is 6.10 Å². The van der Waals surface area contributed by atoms with Gasteiger partial charge in [0.25, 0.3) is 0 Å². The van der Waals surface area contributed by atoms with Gasteiger partial charge in [-0.3, -0.25) is 0 Å². The van der Waals surface area contributed by atoms with Crippen molar-refractivity contribution < 1.29 is 18.6 Å². The van der Waals surface area contributed by atoms with Gasteiger partial charge in [-0.1, -0.05) is 0 Å². The molecule has 1 aliphatic carbocycles. The highest BCUT2D eigenvalue weighted by Crippen LogP contribution is 2.37. The minimum atomic E-state index is 0.175. The molecule has 0 atom stereocenters. The lowest BCUT2D eigenvalue weighted by Crippen LogP contribution is -2.10. The summed E-state index contributed by atoms with van der Waals surface area (Å²) >= 11 is 0. The van der Waals surface area contributed by atoms with Crippen LogP contribution >= 0.6 is 0 Å². The number of hydrogen-bond donors (Lipinski definition) is 0. The van der Waals surface area contributed by atoms with Gasteiger partial charge in [0.2, 0.25) is 5.88 Å². The largest absolute Gasteiger partial charge is 0.497 e. The number of methoxy groups -OCH3 is 2. The van der Waals surface area contributed by atoms with Crippen LogP contribution in [0.25, 0.3) is 22.6 Å². The second kappa shape index (κ2) is 7.70. The summed E-state index contributed by atoms with van der Waals surface area (Å²) in [5.74, 6) is 1.99. The second-order valence-corrected chi connectivity index (χ2v) is 6.50. The number of pyridine rings is 1. The molecule has 2 aromatic heterocycles. The molecule has 1 saturated carbocycles. The van der Waals surface area contributed by atoms with Crippen LogP contribution in [-0.2, 0) is 0 Å². The van der Waals surface area contributed by atoms with Crippen molar-refractivity contribution in [2.75, 3.05) is 14.2 Å². The zero-order chi connectivity index (χ0) is 18.6. The number of benzene rings is 1. The topological polar surface area (TPSA) is 66.6 Å². The van der Waals surface area contributed by atoms with E-state index in [1.54, 1.807) is 26.5 Å². The summed E-state index contributed by atoms with van der Waals surface area (Å²) in [6.45, 7) is 0. The van der Waals surface area contributed by atoms with Crippen molar-refractivity contribution in [1.29, 1.82) is 0 Å². The Morgan fingerprint density at radius 3 is 2.30 bits per heavy atom. The fourth-order valence-electron chi connectivity index (χ4n) is 3.27. The average Bonchev–Trinajstić information content (AvgIpc) is 3.38. The maximum absolute atomic E-state index is 6.01. The van der Waals surface area contributed by atoms with Gasteiger partial charge in [-0.05, 0) is 56.0 Å². The molecule has 3 aromatic rings. The molecule has 0 unspecified atom stereocenters. The van der Waals surface area contributed by atoms with Crippen molar-refractivity contribution in [2.45, 2.75) is 31.8 Å². The van der Waals surface area contributed by atoms with Crippen molar-refractivity contribution in [2.24, 2.45) is 0 Å². The van der Waals surface area contributed by atoms with Crippen LogP contribution in [0.3, 0.4) is 0 Å². The number of rotatable bonds is 6. The highest BCUT2D eigenvalue weighted by atomic mass is 16.6. The third-order valence-electron chi connectivity index (χ3n) is 4.75. The molecule has 2 heterocycles. The van der Waals surface area contributed by atoms with Crippen molar-refractivity contribution in [3.05, 3.63) is 42.6 Å². The van der Waals surface area contributed by atoms with Gasteiger partial charge in [-0.25, -0.2) is 4.98 Å². The zero-order valence-electron chi connectivity index (χ0n) is 15.5. The Morgan fingerprint density at radius 2 is 1.67 bits per heavy atom. The van der Waals surface area contributed by atoms with Crippen LogP contribution in [0.15, 0.2) is 47.0 Å². The molecule has 0 saturated heterocycles. The van der Waals surface area contributed by atoms with E-state index in [4.69, 9.17) is 18.6 Å². The maximum atomic E-state index is 6.01. The van der Waals surface area contributed by atoms with Gasteiger partial charge in [0.1, 0.15) is 17.5 Å². The Bertz CT molecular complexity index is 817. The van der Waals surface area contributed by atoms with Crippen LogP contribution in [0.1, 0.15) is 25.7 Å². The predicted octanol–water partition coefficient (Wildman–Crippen LogP) is 4.74. The van der Waals surface area contributed by atoms with E-state index in [1.165, 1.54) is 12.8 Å². The Morgan fingerprint density at radius 1 is 0.926 bits per heavy atom. The summed E-state index contributed by atoms with van der Waals surface area (Å²) in [5, 5.41) is 0. The fourth-order valence-corrected chi connectivity index (χ4v) is 3.27. The maximum Gasteiger partial charge on any atom is 0.394 e. The summed E-state index contributed by atoms with van der Waals surface area (Å²) < 4.78 is 22.4. The van der Waals surface area contributed by atoms with E-state index in [1.807, 2.05) is 30.3 Å². The molecule has 27 heavy (non-hydrogen) atoms. The van der Waals surface area contributed by atoms with Crippen molar-refractivity contribution in [1.82, 2.24) is 9.97 Å². The van der Waals surface area contributed by atoms with E-state index in [0.717, 1.165) is 29.7 Å². The van der Waals surface area contributed by atoms with Gasteiger partial charge >= 0.3 is 6.08 Å². The number of nitrogens with zero attached hydrogens (tertiary/aromatic N) is 2. The van der Waals surface area contributed by atoms with Crippen LogP contribution in [0.5, 0.6) is 17.7 Å². The van der Waals surface area contributed by atoms with Gasteiger partial charge in [0.05, 0.1) is 14.2 Å². The lowest BCUT2D eigenvalue weighted by atomic mass is 10.1. The van der Waals surface area contributed by atoms with E-state index in [2.05, 4.69) is 9.97 Å². The molecule has 6 nitrogen and oxygen atoms in total. The van der Waals surface area contributed by atoms with Crippen molar-refractivity contribution >= 4 is 0 Å². The molecule has 0 amide bonds. The molecular weight excluding hydrogens is 344 g/mol. The molecule has 0 spiro atoms. The minimum absolute atomic E-state index is 0.175. The lowest BCUT2D eigenvalue weighted by Gasteiger charge is -2.07. The number of hydrogen-bond acceptors (Lipinski definition) is 6. The highest BCUT2D eigenvalue weighted by molar-refractivity contribution is 5.77. The zero-order valence-corrected chi connectivity index (χ0v) is 15.5. The first-order valence-electron chi connectivity index (χ1n) is 9.09. The second-order valence-electron chi connectivity index (χ2n) is 6.50. The molecule has 140 valence electrons. The normalized spacial score (nSPS) is 14.3. The number of oxazole rings is 1. The Labute approximate surface area is 158 Å². The molecule has 1 fully saturated rings. The van der Waals surface area contributed by atoms with Crippen LogP contribution in [0.4, 0.5) is 0 Å². The van der Waals surface area contributed by atoms with Gasteiger partial charge in [0, 0.05) is 23.4 Å². The molecule has 0 bridgehead atoms. The molecular formula is C21H22N2O4. The van der Waals surface area contributed by atoms with Crippen molar-refractivity contribution in [3.63, 3.8) is 0 Å². The predicted molar refractivity (Wildman–Crippen MR) is 101 cm³/mol. The smallest absolute Gasteiger partial charge is 0.394 e. The Kier molecular flexibility index (Phi) is 4.96. The van der Waals surface area contributed by atoms with E-state index in [0.29, 0.717) is 23.4 Å². The first-order valence-corrected chi connectivity index (χ1v) is 9.09. The molecule has 1 aliphatic rings. The summed E-state index contributed by atoms with van der Waals surface area (Å²) in [5.41, 5.74) is 2.44. The summed E-state index contributed by atoms with van der Waals surface area (Å²) in [7, 11) is 3.24. The van der Waals surface area contributed by atoms with Gasteiger partial charge in [0.15, 0.2) is 5.76 Å². The third kappa shape index (κ3) is 3.74. The molecule has 0 radical (unpaired) electrons. The first-order chi connectivity index (χ1) is 13.3. The molecule has 0 aliphatic heterocycles. The van der Waals surface area contributed by atoms with Crippen LogP contribution in [-0.4, -0.2) is 30.3 Å². The SMILES string of the molecule is COc1ccc(-c2oc(OC3CCCC3)nc2-c2ccc(OC)nc2)cc1. The van der Waals surface area contributed by atoms with Gasteiger partial charge < -0.3 is 18.6 Å². The Hall–Kier alpha value is -3.02. The highest BCUT2D eigenvalue weighted by Gasteiger charge is 2.23. The third-order valence-corrected chi connectivity index (χ3v) is 4.75. The lowest BCUT2D eigenvalue weighted by molar-refractivity contribution is 0.154. The first kappa shape index (κ1) is 17.4. The average molecular weight is 366 g/mol. The monoisotopic (exact) mass is 366 g/mol. The van der Waals surface area contributed by atoms with Gasteiger partial charge in [-0.15, -0.1) is 0 Å². The summed E-state index contributed by atoms with van der Waals surface area (Å²) in [4.78, 5) is 8.90. The van der Waals surface area contributed by atoms with E-state index in [9.17, 15) is 0 Å². The summed E-state index contributed by atoms with van der Waals surface area (Å²) in [6.07, 6.45) is 6.66. The summed E-state index contributed by atoms with van der Waals surface area (Å²) in [6, 6.07) is 11.4. The fraction of sp³-hybridized carbons (Fsp3) is 0.333. The quantitative estimate of drug-likeness (QED) is 0.628. The molecule has 0 N–H and O–H groups in total. The minimum Gasteiger partial charge on any atom is -0.497 e. The van der Waals surface area contributed by atoms with Crippen LogP contribution in [0, 0.1) is 0 Å². The molecule has 1 aromatic carbocycles. The Balaban J connectivity index is 1.72. The van der Waals surface area contributed by atoms with Crippen LogP contribution in [0.2, 0.25) is 0 Å². The van der Waals surface area contributed by atoms with Crippen LogP contribution < -0.4 is 14.2 Å². The number of aromatic nitrogens is 2. The standard InChI is InChI=1S/C21H22N2O4/c1-24-16-10-7-14(8-11-16)20-19(15-9-12-18(25-2)22-13-15)23-21(27-20)26-17-5-3-4-6-17/h7-13,17H,3-6H2,1-2H3. The molecule has 4 rings (SSSR count). The van der Waals surface area contributed by atoms with E-state index < -0.39 is 0 Å². The van der Waals surface area contributed by atoms with Crippen molar-refractivity contribution in [3.8, 4) is 40.3 Å². The van der Waals surface area contributed by atoms with E-state index >= 15 is 0 Å². The van der Waals surface area contributed by atoms with Gasteiger partial charge in [-0.2, -0.15) is 4.98 Å².